The Morgan fingerprint density at radius 1 is 1.09 bits per heavy atom. The zero-order chi connectivity index (χ0) is 17.6. The molecular weight excluding hydrogens is 302 g/mol. The summed E-state index contributed by atoms with van der Waals surface area (Å²) in [4.78, 5) is 23.6. The molecule has 7 heteroatoms. The molecule has 0 heterocycles. The molecule has 0 saturated heterocycles. The Morgan fingerprint density at radius 3 is 1.96 bits per heavy atom. The number of carbonyl (C=O) groups excluding carboxylic acids is 1. The van der Waals surface area contributed by atoms with Gasteiger partial charge in [0.2, 0.25) is 5.75 Å². The van der Waals surface area contributed by atoms with E-state index < -0.39 is 17.9 Å². The van der Waals surface area contributed by atoms with E-state index in [1.165, 1.54) is 33.5 Å². The molecule has 0 spiro atoms. The Morgan fingerprint density at radius 2 is 1.61 bits per heavy atom. The maximum absolute atomic E-state index is 12.4. The molecule has 1 rings (SSSR count). The highest BCUT2D eigenvalue weighted by Crippen LogP contribution is 2.38. The van der Waals surface area contributed by atoms with Gasteiger partial charge in [-0.3, -0.25) is 4.79 Å². The molecular formula is C16H23NO6. The number of rotatable bonds is 8. The standard InChI is InChI=1S/C16H23NO6/c1-9(2)6-11(16(19)20)17-15(18)10-7-12(21-3)14(23-5)13(8-10)22-4/h7-9,11H,6H2,1-5H3,(H,17,18)(H,19,20)/t11-/m1/s1. The Labute approximate surface area is 135 Å². The lowest BCUT2D eigenvalue weighted by molar-refractivity contribution is -0.139. The highest BCUT2D eigenvalue weighted by atomic mass is 16.5. The Balaban J connectivity index is 3.09. The lowest BCUT2D eigenvalue weighted by Crippen LogP contribution is -2.41. The molecule has 0 radical (unpaired) electrons. The summed E-state index contributed by atoms with van der Waals surface area (Å²) in [6, 6.07) is 2.00. The normalized spacial score (nSPS) is 11.7. The smallest absolute Gasteiger partial charge is 0.326 e. The van der Waals surface area contributed by atoms with Crippen molar-refractivity contribution in [3.63, 3.8) is 0 Å². The van der Waals surface area contributed by atoms with E-state index in [0.29, 0.717) is 23.7 Å². The van der Waals surface area contributed by atoms with Gasteiger partial charge in [0.05, 0.1) is 21.3 Å². The third-order valence-corrected chi connectivity index (χ3v) is 3.24. The molecule has 128 valence electrons. The first kappa shape index (κ1) is 18.6. The molecule has 1 aromatic carbocycles. The van der Waals surface area contributed by atoms with E-state index in [2.05, 4.69) is 5.32 Å². The second-order valence-corrected chi connectivity index (χ2v) is 5.41. The summed E-state index contributed by atoms with van der Waals surface area (Å²) in [7, 11) is 4.35. The molecule has 0 saturated carbocycles. The summed E-state index contributed by atoms with van der Waals surface area (Å²) >= 11 is 0. The van der Waals surface area contributed by atoms with Crippen LogP contribution in [0.25, 0.3) is 0 Å². The summed E-state index contributed by atoms with van der Waals surface area (Å²) in [6.45, 7) is 3.78. The molecule has 2 N–H and O–H groups in total. The zero-order valence-corrected chi connectivity index (χ0v) is 14.0. The minimum Gasteiger partial charge on any atom is -0.493 e. The number of hydrogen-bond acceptors (Lipinski definition) is 5. The predicted molar refractivity (Wildman–Crippen MR) is 84.4 cm³/mol. The number of carboxylic acid groups (broad SMARTS) is 1. The molecule has 23 heavy (non-hydrogen) atoms. The number of amides is 1. The van der Waals surface area contributed by atoms with Crippen LogP contribution in [-0.4, -0.2) is 44.4 Å². The predicted octanol–water partition coefficient (Wildman–Crippen LogP) is 1.94. The number of methoxy groups -OCH3 is 3. The molecule has 0 bridgehead atoms. The van der Waals surface area contributed by atoms with E-state index in [0.717, 1.165) is 0 Å². The Bertz CT molecular complexity index is 545. The van der Waals surface area contributed by atoms with Crippen LogP contribution in [-0.2, 0) is 4.79 Å². The van der Waals surface area contributed by atoms with Crippen LogP contribution in [0.15, 0.2) is 12.1 Å². The fourth-order valence-corrected chi connectivity index (χ4v) is 2.15. The number of carbonyl (C=O) groups is 2. The number of aliphatic carboxylic acids is 1. The van der Waals surface area contributed by atoms with Crippen LogP contribution < -0.4 is 19.5 Å². The van der Waals surface area contributed by atoms with Gasteiger partial charge in [0.1, 0.15) is 6.04 Å². The fourth-order valence-electron chi connectivity index (χ4n) is 2.15. The van der Waals surface area contributed by atoms with Crippen LogP contribution in [0.5, 0.6) is 17.2 Å². The van der Waals surface area contributed by atoms with Crippen molar-refractivity contribution in [2.24, 2.45) is 5.92 Å². The second kappa shape index (κ2) is 8.26. The Hall–Kier alpha value is -2.44. The Kier molecular flexibility index (Phi) is 6.68. The fraction of sp³-hybridized carbons (Fsp3) is 0.500. The van der Waals surface area contributed by atoms with Crippen LogP contribution in [0.4, 0.5) is 0 Å². The van der Waals surface area contributed by atoms with Crippen molar-refractivity contribution in [2.45, 2.75) is 26.3 Å². The molecule has 0 aliphatic carbocycles. The first-order valence-electron chi connectivity index (χ1n) is 7.17. The van der Waals surface area contributed by atoms with Gasteiger partial charge < -0.3 is 24.6 Å². The van der Waals surface area contributed by atoms with Crippen LogP contribution >= 0.6 is 0 Å². The summed E-state index contributed by atoms with van der Waals surface area (Å²) in [5.41, 5.74) is 0.231. The molecule has 1 atom stereocenters. The average Bonchev–Trinajstić information content (AvgIpc) is 2.51. The number of ether oxygens (including phenoxy) is 3. The highest BCUT2D eigenvalue weighted by molar-refractivity contribution is 5.97. The molecule has 0 aromatic heterocycles. The van der Waals surface area contributed by atoms with Gasteiger partial charge in [0.25, 0.3) is 5.91 Å². The van der Waals surface area contributed by atoms with Crippen molar-refractivity contribution in [1.29, 1.82) is 0 Å². The van der Waals surface area contributed by atoms with E-state index in [9.17, 15) is 14.7 Å². The third kappa shape index (κ3) is 4.77. The summed E-state index contributed by atoms with van der Waals surface area (Å²) in [6.07, 6.45) is 0.339. The monoisotopic (exact) mass is 325 g/mol. The molecule has 0 aliphatic rings. The van der Waals surface area contributed by atoms with Gasteiger partial charge in [-0.1, -0.05) is 13.8 Å². The minimum absolute atomic E-state index is 0.135. The number of carboxylic acids is 1. The van der Waals surface area contributed by atoms with E-state index in [-0.39, 0.29) is 11.5 Å². The summed E-state index contributed by atoms with van der Waals surface area (Å²) in [5.74, 6) is -0.433. The highest BCUT2D eigenvalue weighted by Gasteiger charge is 2.23. The molecule has 1 aromatic rings. The van der Waals surface area contributed by atoms with Gasteiger partial charge in [-0.25, -0.2) is 4.79 Å². The molecule has 1 amide bonds. The van der Waals surface area contributed by atoms with Crippen molar-refractivity contribution >= 4 is 11.9 Å². The van der Waals surface area contributed by atoms with E-state index in [1.54, 1.807) is 0 Å². The lowest BCUT2D eigenvalue weighted by atomic mass is 10.0. The molecule has 7 nitrogen and oxygen atoms in total. The molecule has 0 unspecified atom stereocenters. The number of nitrogens with one attached hydrogen (secondary N) is 1. The zero-order valence-electron chi connectivity index (χ0n) is 14.0. The van der Waals surface area contributed by atoms with E-state index in [4.69, 9.17) is 14.2 Å². The van der Waals surface area contributed by atoms with Crippen LogP contribution in [0.3, 0.4) is 0 Å². The second-order valence-electron chi connectivity index (χ2n) is 5.41. The van der Waals surface area contributed by atoms with Crippen LogP contribution in [0, 0.1) is 5.92 Å². The van der Waals surface area contributed by atoms with Crippen molar-refractivity contribution in [1.82, 2.24) is 5.32 Å². The topological polar surface area (TPSA) is 94.1 Å². The first-order chi connectivity index (χ1) is 10.8. The first-order valence-corrected chi connectivity index (χ1v) is 7.17. The lowest BCUT2D eigenvalue weighted by Gasteiger charge is -2.18. The maximum Gasteiger partial charge on any atom is 0.326 e. The quantitative estimate of drug-likeness (QED) is 0.758. The van der Waals surface area contributed by atoms with E-state index in [1.807, 2.05) is 13.8 Å². The van der Waals surface area contributed by atoms with E-state index >= 15 is 0 Å². The van der Waals surface area contributed by atoms with Gasteiger partial charge >= 0.3 is 5.97 Å². The SMILES string of the molecule is COc1cc(C(=O)N[C@H](CC(C)C)C(=O)O)cc(OC)c1OC. The van der Waals surface area contributed by atoms with Crippen molar-refractivity contribution in [3.05, 3.63) is 17.7 Å². The van der Waals surface area contributed by atoms with Gasteiger partial charge in [0.15, 0.2) is 11.5 Å². The number of hydrogen-bond donors (Lipinski definition) is 2. The van der Waals surface area contributed by atoms with Crippen molar-refractivity contribution in [3.8, 4) is 17.2 Å². The van der Waals surface area contributed by atoms with Gasteiger partial charge in [-0.15, -0.1) is 0 Å². The van der Waals surface area contributed by atoms with Crippen molar-refractivity contribution in [2.75, 3.05) is 21.3 Å². The maximum atomic E-state index is 12.4. The summed E-state index contributed by atoms with van der Waals surface area (Å²) in [5, 5.41) is 11.7. The van der Waals surface area contributed by atoms with Crippen LogP contribution in [0.2, 0.25) is 0 Å². The third-order valence-electron chi connectivity index (χ3n) is 3.24. The molecule has 0 aliphatic heterocycles. The van der Waals surface area contributed by atoms with Crippen LogP contribution in [0.1, 0.15) is 30.6 Å². The average molecular weight is 325 g/mol. The van der Waals surface area contributed by atoms with Gasteiger partial charge in [0, 0.05) is 5.56 Å². The largest absolute Gasteiger partial charge is 0.493 e. The van der Waals surface area contributed by atoms with Gasteiger partial charge in [-0.2, -0.15) is 0 Å². The minimum atomic E-state index is -1.07. The number of benzene rings is 1. The molecule has 0 fully saturated rings. The van der Waals surface area contributed by atoms with Gasteiger partial charge in [-0.05, 0) is 24.5 Å². The summed E-state index contributed by atoms with van der Waals surface area (Å²) < 4.78 is 15.6. The van der Waals surface area contributed by atoms with Crippen molar-refractivity contribution < 1.29 is 28.9 Å².